The fraction of sp³-hybridized carbons (Fsp3) is 0.917. The molecule has 0 fully saturated rings. The predicted octanol–water partition coefficient (Wildman–Crippen LogP) is 1.91. The number of halogens is 1. The topological polar surface area (TPSA) is 39.7 Å². The molecular formula is C12H29IN4. The lowest BCUT2D eigenvalue weighted by atomic mass is 10.2. The minimum Gasteiger partial charge on any atom is -0.356 e. The Morgan fingerprint density at radius 2 is 1.82 bits per heavy atom. The van der Waals surface area contributed by atoms with Crippen LogP contribution < -0.4 is 10.6 Å². The molecule has 5 heteroatoms. The van der Waals surface area contributed by atoms with Crippen LogP contribution in [-0.4, -0.2) is 50.6 Å². The van der Waals surface area contributed by atoms with Crippen LogP contribution >= 0.6 is 24.0 Å². The quantitative estimate of drug-likeness (QED) is 0.416. The molecule has 0 heterocycles. The summed E-state index contributed by atoms with van der Waals surface area (Å²) in [6.45, 7) is 9.57. The third kappa shape index (κ3) is 9.64. The summed E-state index contributed by atoms with van der Waals surface area (Å²) in [5.41, 5.74) is 0. The van der Waals surface area contributed by atoms with E-state index in [0.29, 0.717) is 6.04 Å². The van der Waals surface area contributed by atoms with Gasteiger partial charge in [0.05, 0.1) is 0 Å². The van der Waals surface area contributed by atoms with Gasteiger partial charge in [-0.05, 0) is 26.8 Å². The Kier molecular flexibility index (Phi) is 14.1. The van der Waals surface area contributed by atoms with E-state index < -0.39 is 0 Å². The molecule has 0 aliphatic carbocycles. The number of likely N-dealkylation sites (N-methyl/N-ethyl adjacent to an activating group) is 1. The van der Waals surface area contributed by atoms with Gasteiger partial charge in [0, 0.05) is 32.7 Å². The van der Waals surface area contributed by atoms with Gasteiger partial charge in [0.2, 0.25) is 0 Å². The third-order valence-corrected chi connectivity index (χ3v) is 2.87. The van der Waals surface area contributed by atoms with E-state index in [1.165, 1.54) is 6.42 Å². The number of guanidine groups is 1. The molecule has 0 spiro atoms. The van der Waals surface area contributed by atoms with Gasteiger partial charge < -0.3 is 15.5 Å². The molecule has 0 saturated carbocycles. The van der Waals surface area contributed by atoms with Crippen molar-refractivity contribution in [2.24, 2.45) is 4.99 Å². The molecule has 0 bridgehead atoms. The summed E-state index contributed by atoms with van der Waals surface area (Å²) in [6, 6.07) is 0.646. The summed E-state index contributed by atoms with van der Waals surface area (Å²) < 4.78 is 0. The minimum absolute atomic E-state index is 0. The molecule has 0 amide bonds. The van der Waals surface area contributed by atoms with Gasteiger partial charge in [-0.3, -0.25) is 4.99 Å². The molecule has 0 aliphatic rings. The molecule has 0 aromatic rings. The first-order valence-electron chi connectivity index (χ1n) is 6.30. The largest absolute Gasteiger partial charge is 0.356 e. The normalized spacial score (nSPS) is 13.2. The Morgan fingerprint density at radius 3 is 2.29 bits per heavy atom. The summed E-state index contributed by atoms with van der Waals surface area (Å²) in [7, 11) is 3.97. The molecule has 0 aromatic carbocycles. The zero-order valence-electron chi connectivity index (χ0n) is 11.9. The average molecular weight is 356 g/mol. The summed E-state index contributed by atoms with van der Waals surface area (Å²) in [5, 5.41) is 6.57. The number of rotatable bonds is 7. The Labute approximate surface area is 124 Å². The number of hydrogen-bond donors (Lipinski definition) is 2. The van der Waals surface area contributed by atoms with Crippen LogP contribution in [-0.2, 0) is 0 Å². The van der Waals surface area contributed by atoms with Crippen molar-refractivity contribution in [3.8, 4) is 0 Å². The van der Waals surface area contributed by atoms with Crippen LogP contribution in [0.2, 0.25) is 0 Å². The molecule has 0 aromatic heterocycles. The van der Waals surface area contributed by atoms with E-state index in [9.17, 15) is 0 Å². The smallest absolute Gasteiger partial charge is 0.191 e. The van der Waals surface area contributed by atoms with E-state index in [1.54, 1.807) is 0 Å². The van der Waals surface area contributed by atoms with Crippen LogP contribution in [0, 0.1) is 0 Å². The lowest BCUT2D eigenvalue weighted by Crippen LogP contribution is -2.42. The second-order valence-electron chi connectivity index (χ2n) is 4.16. The van der Waals surface area contributed by atoms with Crippen LogP contribution in [0.4, 0.5) is 0 Å². The van der Waals surface area contributed by atoms with Crippen LogP contribution in [0.1, 0.15) is 33.6 Å². The second-order valence-corrected chi connectivity index (χ2v) is 4.16. The zero-order chi connectivity index (χ0) is 12.4. The molecule has 1 unspecified atom stereocenters. The first kappa shape index (κ1) is 19.3. The monoisotopic (exact) mass is 356 g/mol. The third-order valence-electron chi connectivity index (χ3n) is 2.87. The van der Waals surface area contributed by atoms with Gasteiger partial charge in [0.25, 0.3) is 0 Å². The van der Waals surface area contributed by atoms with Crippen LogP contribution in [0.25, 0.3) is 0 Å². The van der Waals surface area contributed by atoms with Crippen molar-refractivity contribution < 1.29 is 0 Å². The molecule has 0 saturated heterocycles. The van der Waals surface area contributed by atoms with Crippen molar-refractivity contribution in [3.05, 3.63) is 0 Å². The van der Waals surface area contributed by atoms with Crippen molar-refractivity contribution in [1.82, 2.24) is 15.5 Å². The predicted molar refractivity (Wildman–Crippen MR) is 87.5 cm³/mol. The minimum atomic E-state index is 0. The first-order chi connectivity index (χ1) is 7.65. The molecule has 0 rings (SSSR count). The van der Waals surface area contributed by atoms with Crippen LogP contribution in [0.15, 0.2) is 4.99 Å². The maximum Gasteiger partial charge on any atom is 0.191 e. The average Bonchev–Trinajstić information content (AvgIpc) is 2.32. The zero-order valence-corrected chi connectivity index (χ0v) is 14.2. The first-order valence-corrected chi connectivity index (χ1v) is 6.30. The van der Waals surface area contributed by atoms with Gasteiger partial charge in [-0.15, -0.1) is 24.0 Å². The fourth-order valence-electron chi connectivity index (χ4n) is 1.35. The Hall–Kier alpha value is -0.0400. The van der Waals surface area contributed by atoms with Gasteiger partial charge in [-0.25, -0.2) is 0 Å². The standard InChI is InChI=1S/C12H28N4.HI/c1-6-8-14-12(13-4)15-9-10-16(5)11(3)7-2;/h11H,6-10H2,1-5H3,(H2,13,14,15);1H. The van der Waals surface area contributed by atoms with Crippen molar-refractivity contribution in [2.45, 2.75) is 39.7 Å². The highest BCUT2D eigenvalue weighted by atomic mass is 127. The van der Waals surface area contributed by atoms with E-state index in [-0.39, 0.29) is 24.0 Å². The van der Waals surface area contributed by atoms with Gasteiger partial charge >= 0.3 is 0 Å². The lowest BCUT2D eigenvalue weighted by Gasteiger charge is -2.23. The maximum atomic E-state index is 4.16. The number of aliphatic imine (C=N–C) groups is 1. The Bertz CT molecular complexity index is 197. The maximum absolute atomic E-state index is 4.16. The highest BCUT2D eigenvalue weighted by Crippen LogP contribution is 1.97. The Morgan fingerprint density at radius 1 is 1.24 bits per heavy atom. The summed E-state index contributed by atoms with van der Waals surface area (Å²) >= 11 is 0. The second kappa shape index (κ2) is 12.4. The van der Waals surface area contributed by atoms with E-state index in [1.807, 2.05) is 7.05 Å². The van der Waals surface area contributed by atoms with Gasteiger partial charge in [0.1, 0.15) is 0 Å². The molecule has 1 atom stereocenters. The molecule has 0 aliphatic heterocycles. The number of nitrogens with zero attached hydrogens (tertiary/aromatic N) is 2. The van der Waals surface area contributed by atoms with E-state index >= 15 is 0 Å². The molecule has 0 radical (unpaired) electrons. The van der Waals surface area contributed by atoms with Crippen molar-refractivity contribution in [3.63, 3.8) is 0 Å². The van der Waals surface area contributed by atoms with E-state index in [0.717, 1.165) is 32.0 Å². The highest BCUT2D eigenvalue weighted by molar-refractivity contribution is 14.0. The van der Waals surface area contributed by atoms with Gasteiger partial charge in [0.15, 0.2) is 5.96 Å². The highest BCUT2D eigenvalue weighted by Gasteiger charge is 2.05. The van der Waals surface area contributed by atoms with Crippen molar-refractivity contribution >= 4 is 29.9 Å². The van der Waals surface area contributed by atoms with E-state index in [2.05, 4.69) is 48.3 Å². The van der Waals surface area contributed by atoms with Gasteiger partial charge in [-0.2, -0.15) is 0 Å². The molecular weight excluding hydrogens is 327 g/mol. The lowest BCUT2D eigenvalue weighted by molar-refractivity contribution is 0.255. The SMILES string of the molecule is CCCNC(=NC)NCCN(C)C(C)CC.I. The van der Waals surface area contributed by atoms with Crippen molar-refractivity contribution in [2.75, 3.05) is 33.7 Å². The van der Waals surface area contributed by atoms with E-state index in [4.69, 9.17) is 0 Å². The molecule has 17 heavy (non-hydrogen) atoms. The molecule has 4 nitrogen and oxygen atoms in total. The van der Waals surface area contributed by atoms with Crippen LogP contribution in [0.3, 0.4) is 0 Å². The molecule has 104 valence electrons. The Balaban J connectivity index is 0. The number of hydrogen-bond acceptors (Lipinski definition) is 2. The summed E-state index contributed by atoms with van der Waals surface area (Å²) in [4.78, 5) is 6.52. The van der Waals surface area contributed by atoms with Gasteiger partial charge in [-0.1, -0.05) is 13.8 Å². The number of nitrogens with one attached hydrogen (secondary N) is 2. The summed E-state index contributed by atoms with van der Waals surface area (Å²) in [6.07, 6.45) is 2.31. The summed E-state index contributed by atoms with van der Waals surface area (Å²) in [5.74, 6) is 0.902. The van der Waals surface area contributed by atoms with Crippen LogP contribution in [0.5, 0.6) is 0 Å². The molecule has 2 N–H and O–H groups in total. The fourth-order valence-corrected chi connectivity index (χ4v) is 1.35. The van der Waals surface area contributed by atoms with Crippen molar-refractivity contribution in [1.29, 1.82) is 0 Å².